The molecule has 2 fully saturated rings. The van der Waals surface area contributed by atoms with E-state index in [0.717, 1.165) is 17.7 Å². The lowest BCUT2D eigenvalue weighted by molar-refractivity contribution is -0.152. The molecule has 1 N–H and O–H groups in total. The number of hydrogen-bond acceptors (Lipinski definition) is 4. The summed E-state index contributed by atoms with van der Waals surface area (Å²) in [4.78, 5) is 37.2. The fourth-order valence-corrected chi connectivity index (χ4v) is 2.27. The van der Waals surface area contributed by atoms with Crippen LogP contribution in [0.3, 0.4) is 0 Å². The van der Waals surface area contributed by atoms with E-state index in [1.165, 1.54) is 0 Å². The van der Waals surface area contributed by atoms with Crippen LogP contribution in [0.4, 0.5) is 4.79 Å². The normalized spacial score (nSPS) is 23.2. The van der Waals surface area contributed by atoms with Crippen molar-refractivity contribution < 1.29 is 19.1 Å². The number of carbonyl (C=O) groups is 3. The fraction of sp³-hybridized carbons (Fsp3) is 0.769. The SMILES string of the molecule is CCOC(=O)C(CC1CC1)N1C(=O)NC(C)(C)C1=O. The van der Waals surface area contributed by atoms with Gasteiger partial charge in [0.25, 0.3) is 5.91 Å². The Morgan fingerprint density at radius 1 is 1.47 bits per heavy atom. The summed E-state index contributed by atoms with van der Waals surface area (Å²) in [6.45, 7) is 5.22. The molecule has 2 rings (SSSR count). The predicted octanol–water partition coefficient (Wildman–Crippen LogP) is 1.05. The molecule has 1 atom stereocenters. The summed E-state index contributed by atoms with van der Waals surface area (Å²) < 4.78 is 5.00. The van der Waals surface area contributed by atoms with E-state index in [2.05, 4.69) is 5.32 Å². The highest BCUT2D eigenvalue weighted by Crippen LogP contribution is 2.36. The number of carbonyl (C=O) groups excluding carboxylic acids is 3. The molecule has 0 aromatic carbocycles. The van der Waals surface area contributed by atoms with Gasteiger partial charge in [0.15, 0.2) is 0 Å². The molecule has 6 nitrogen and oxygen atoms in total. The standard InChI is InChI=1S/C13H20N2O4/c1-4-19-10(16)9(7-8-5-6-8)15-11(17)13(2,3)14-12(15)18/h8-9H,4-7H2,1-3H3,(H,14,18). The van der Waals surface area contributed by atoms with E-state index in [1.807, 2.05) is 0 Å². The smallest absolute Gasteiger partial charge is 0.329 e. The molecule has 1 aliphatic carbocycles. The summed E-state index contributed by atoms with van der Waals surface area (Å²) in [6.07, 6.45) is 2.60. The summed E-state index contributed by atoms with van der Waals surface area (Å²) in [5.41, 5.74) is -0.953. The molecule has 1 unspecified atom stereocenters. The van der Waals surface area contributed by atoms with Gasteiger partial charge in [0.05, 0.1) is 6.61 Å². The lowest BCUT2D eigenvalue weighted by Crippen LogP contribution is -2.47. The van der Waals surface area contributed by atoms with Gasteiger partial charge >= 0.3 is 12.0 Å². The molecule has 0 spiro atoms. The summed E-state index contributed by atoms with van der Waals surface area (Å²) in [5, 5.41) is 2.59. The van der Waals surface area contributed by atoms with Crippen LogP contribution < -0.4 is 5.32 Å². The number of nitrogens with one attached hydrogen (secondary N) is 1. The predicted molar refractivity (Wildman–Crippen MR) is 67.2 cm³/mol. The highest BCUT2D eigenvalue weighted by molar-refractivity contribution is 6.09. The molecular weight excluding hydrogens is 248 g/mol. The molecule has 0 radical (unpaired) electrons. The number of hydrogen-bond donors (Lipinski definition) is 1. The van der Waals surface area contributed by atoms with Gasteiger partial charge in [-0.15, -0.1) is 0 Å². The largest absolute Gasteiger partial charge is 0.464 e. The minimum absolute atomic E-state index is 0.243. The van der Waals surface area contributed by atoms with Crippen LogP contribution in [-0.2, 0) is 14.3 Å². The van der Waals surface area contributed by atoms with Crippen molar-refractivity contribution in [2.75, 3.05) is 6.61 Å². The zero-order valence-corrected chi connectivity index (χ0v) is 11.6. The van der Waals surface area contributed by atoms with Crippen LogP contribution in [0.1, 0.15) is 40.0 Å². The summed E-state index contributed by atoms with van der Waals surface area (Å²) in [7, 11) is 0. The van der Waals surface area contributed by atoms with Gasteiger partial charge in [-0.25, -0.2) is 14.5 Å². The van der Waals surface area contributed by atoms with Gasteiger partial charge in [-0.3, -0.25) is 4.79 Å². The zero-order valence-electron chi connectivity index (χ0n) is 11.6. The van der Waals surface area contributed by atoms with Crippen LogP contribution >= 0.6 is 0 Å². The molecule has 0 aromatic rings. The van der Waals surface area contributed by atoms with Crippen LogP contribution in [0.2, 0.25) is 0 Å². The minimum atomic E-state index is -0.953. The van der Waals surface area contributed by atoms with Crippen molar-refractivity contribution in [1.82, 2.24) is 10.2 Å². The first kappa shape index (κ1) is 13.8. The first-order chi connectivity index (χ1) is 8.86. The Labute approximate surface area is 112 Å². The number of urea groups is 1. The van der Waals surface area contributed by atoms with Gasteiger partial charge < -0.3 is 10.1 Å². The Kier molecular flexibility index (Phi) is 3.52. The first-order valence-corrected chi connectivity index (χ1v) is 6.69. The second-order valence-electron chi connectivity index (χ2n) is 5.68. The topological polar surface area (TPSA) is 75.7 Å². The summed E-state index contributed by atoms with van der Waals surface area (Å²) >= 11 is 0. The Morgan fingerprint density at radius 2 is 2.11 bits per heavy atom. The Bertz CT molecular complexity index is 415. The number of amides is 3. The lowest BCUT2D eigenvalue weighted by Gasteiger charge is -2.24. The second kappa shape index (κ2) is 4.83. The quantitative estimate of drug-likeness (QED) is 0.597. The Balaban J connectivity index is 2.19. The third-order valence-corrected chi connectivity index (χ3v) is 3.52. The monoisotopic (exact) mass is 268 g/mol. The number of nitrogens with zero attached hydrogens (tertiary/aromatic N) is 1. The van der Waals surface area contributed by atoms with E-state index in [-0.39, 0.29) is 12.5 Å². The first-order valence-electron chi connectivity index (χ1n) is 6.69. The van der Waals surface area contributed by atoms with Crippen molar-refractivity contribution in [3.8, 4) is 0 Å². The third kappa shape index (κ3) is 2.72. The van der Waals surface area contributed by atoms with E-state index in [9.17, 15) is 14.4 Å². The molecule has 2 aliphatic rings. The van der Waals surface area contributed by atoms with Crippen molar-refractivity contribution in [2.45, 2.75) is 51.6 Å². The fourth-order valence-electron chi connectivity index (χ4n) is 2.27. The Hall–Kier alpha value is -1.59. The van der Waals surface area contributed by atoms with Gasteiger partial charge in [0.2, 0.25) is 0 Å². The molecule has 1 heterocycles. The van der Waals surface area contributed by atoms with E-state index >= 15 is 0 Å². The van der Waals surface area contributed by atoms with Gasteiger partial charge in [0.1, 0.15) is 11.6 Å². The molecule has 1 saturated carbocycles. The lowest BCUT2D eigenvalue weighted by atomic mass is 10.0. The maximum Gasteiger partial charge on any atom is 0.329 e. The highest BCUT2D eigenvalue weighted by atomic mass is 16.5. The van der Waals surface area contributed by atoms with E-state index in [1.54, 1.807) is 20.8 Å². The van der Waals surface area contributed by atoms with E-state index in [4.69, 9.17) is 4.74 Å². The van der Waals surface area contributed by atoms with Crippen LogP contribution in [0, 0.1) is 5.92 Å². The molecule has 1 aliphatic heterocycles. The number of ether oxygens (including phenoxy) is 1. The third-order valence-electron chi connectivity index (χ3n) is 3.52. The maximum atomic E-state index is 12.2. The van der Waals surface area contributed by atoms with Gasteiger partial charge in [-0.2, -0.15) is 0 Å². The van der Waals surface area contributed by atoms with Crippen LogP contribution in [0.25, 0.3) is 0 Å². The highest BCUT2D eigenvalue weighted by Gasteiger charge is 2.50. The molecule has 0 aromatic heterocycles. The molecule has 106 valence electrons. The summed E-state index contributed by atoms with van der Waals surface area (Å²) in [6, 6.07) is -1.30. The van der Waals surface area contributed by atoms with Crippen molar-refractivity contribution in [2.24, 2.45) is 5.92 Å². The van der Waals surface area contributed by atoms with Gasteiger partial charge in [-0.05, 0) is 33.1 Å². The number of imide groups is 1. The average Bonchev–Trinajstić information content (AvgIpc) is 3.08. The zero-order chi connectivity index (χ0) is 14.2. The maximum absolute atomic E-state index is 12.2. The molecule has 19 heavy (non-hydrogen) atoms. The van der Waals surface area contributed by atoms with Crippen molar-refractivity contribution in [3.05, 3.63) is 0 Å². The molecule has 1 saturated heterocycles. The molecule has 3 amide bonds. The van der Waals surface area contributed by atoms with E-state index < -0.39 is 23.6 Å². The van der Waals surface area contributed by atoms with Crippen molar-refractivity contribution in [1.29, 1.82) is 0 Å². The minimum Gasteiger partial charge on any atom is -0.464 e. The average molecular weight is 268 g/mol. The summed E-state index contributed by atoms with van der Waals surface area (Å²) in [5.74, 6) is -0.439. The van der Waals surface area contributed by atoms with Crippen LogP contribution in [0.15, 0.2) is 0 Å². The van der Waals surface area contributed by atoms with Crippen molar-refractivity contribution in [3.63, 3.8) is 0 Å². The molecule has 6 heteroatoms. The molecule has 0 bridgehead atoms. The van der Waals surface area contributed by atoms with Crippen LogP contribution in [0.5, 0.6) is 0 Å². The second-order valence-corrected chi connectivity index (χ2v) is 5.68. The number of rotatable bonds is 5. The number of esters is 1. The van der Waals surface area contributed by atoms with Gasteiger partial charge in [-0.1, -0.05) is 12.8 Å². The van der Waals surface area contributed by atoms with E-state index in [0.29, 0.717) is 12.3 Å². The van der Waals surface area contributed by atoms with Crippen LogP contribution in [-0.4, -0.2) is 41.0 Å². The molecular formula is C13H20N2O4. The Morgan fingerprint density at radius 3 is 2.53 bits per heavy atom. The van der Waals surface area contributed by atoms with Crippen molar-refractivity contribution >= 4 is 17.9 Å². The van der Waals surface area contributed by atoms with Gasteiger partial charge in [0, 0.05) is 0 Å².